The summed E-state index contributed by atoms with van der Waals surface area (Å²) in [5.41, 5.74) is 0. The van der Waals surface area contributed by atoms with Gasteiger partial charge < -0.3 is 5.32 Å². The van der Waals surface area contributed by atoms with Gasteiger partial charge in [-0.15, -0.1) is 0 Å². The predicted octanol–water partition coefficient (Wildman–Crippen LogP) is 1.68. The highest BCUT2D eigenvalue weighted by molar-refractivity contribution is 6.07. The number of aromatic nitrogens is 2. The number of amides is 2. The predicted molar refractivity (Wildman–Crippen MR) is 78.6 cm³/mol. The zero-order valence-corrected chi connectivity index (χ0v) is 12.4. The molecule has 6 nitrogen and oxygen atoms in total. The van der Waals surface area contributed by atoms with E-state index in [0.717, 1.165) is 25.7 Å². The molecule has 1 unspecified atom stereocenters. The molecule has 21 heavy (non-hydrogen) atoms. The Hall–Kier alpha value is -1.85. The van der Waals surface area contributed by atoms with Gasteiger partial charge in [-0.3, -0.25) is 19.2 Å². The van der Waals surface area contributed by atoms with Crippen LogP contribution in [0, 0.1) is 0 Å². The van der Waals surface area contributed by atoms with Gasteiger partial charge in [0.05, 0.1) is 6.42 Å². The molecule has 1 saturated carbocycles. The van der Waals surface area contributed by atoms with E-state index in [1.165, 1.54) is 17.7 Å². The van der Waals surface area contributed by atoms with Gasteiger partial charge in [-0.1, -0.05) is 25.7 Å². The van der Waals surface area contributed by atoms with Crippen LogP contribution in [0.3, 0.4) is 0 Å². The van der Waals surface area contributed by atoms with Crippen LogP contribution in [-0.2, 0) is 16.6 Å². The quantitative estimate of drug-likeness (QED) is 0.679. The number of hydrogen-bond donors (Lipinski definition) is 1. The Balaban J connectivity index is 1.69. The number of hydrogen-bond acceptors (Lipinski definition) is 4. The van der Waals surface area contributed by atoms with Gasteiger partial charge in [-0.2, -0.15) is 5.10 Å². The van der Waals surface area contributed by atoms with E-state index in [0.29, 0.717) is 5.82 Å². The zero-order chi connectivity index (χ0) is 14.8. The first-order valence-electron chi connectivity index (χ1n) is 7.77. The Labute approximate surface area is 124 Å². The Morgan fingerprint density at radius 1 is 1.19 bits per heavy atom. The third-order valence-corrected chi connectivity index (χ3v) is 4.41. The molecule has 1 aliphatic heterocycles. The fraction of sp³-hybridized carbons (Fsp3) is 0.667. The summed E-state index contributed by atoms with van der Waals surface area (Å²) in [4.78, 5) is 26.3. The second kappa shape index (κ2) is 5.87. The monoisotopic (exact) mass is 290 g/mol. The van der Waals surface area contributed by atoms with Crippen molar-refractivity contribution in [3.63, 3.8) is 0 Å². The van der Waals surface area contributed by atoms with Crippen molar-refractivity contribution in [1.29, 1.82) is 0 Å². The SMILES string of the molecule is Cn1ccc(NC2CC(=O)N(C3CCCCCC3)C2=O)n1. The number of rotatable bonds is 3. The molecule has 1 aliphatic carbocycles. The summed E-state index contributed by atoms with van der Waals surface area (Å²) in [6, 6.07) is 1.45. The fourth-order valence-corrected chi connectivity index (χ4v) is 3.33. The van der Waals surface area contributed by atoms with Gasteiger partial charge in [0, 0.05) is 25.4 Å². The Morgan fingerprint density at radius 3 is 2.52 bits per heavy atom. The van der Waals surface area contributed by atoms with Crippen LogP contribution < -0.4 is 5.32 Å². The van der Waals surface area contributed by atoms with Crippen molar-refractivity contribution >= 4 is 17.6 Å². The first-order chi connectivity index (χ1) is 10.1. The van der Waals surface area contributed by atoms with E-state index in [4.69, 9.17) is 0 Å². The Morgan fingerprint density at radius 2 is 1.90 bits per heavy atom. The second-order valence-corrected chi connectivity index (χ2v) is 6.02. The number of anilines is 1. The Bertz CT molecular complexity index is 532. The van der Waals surface area contributed by atoms with E-state index in [2.05, 4.69) is 10.4 Å². The number of aryl methyl sites for hydroxylation is 1. The van der Waals surface area contributed by atoms with Crippen LogP contribution in [0.2, 0.25) is 0 Å². The molecule has 2 amide bonds. The Kier molecular flexibility index (Phi) is 3.94. The molecule has 3 rings (SSSR count). The van der Waals surface area contributed by atoms with E-state index in [1.54, 1.807) is 4.68 Å². The highest BCUT2D eigenvalue weighted by Gasteiger charge is 2.42. The van der Waals surface area contributed by atoms with Crippen molar-refractivity contribution in [2.24, 2.45) is 7.05 Å². The minimum absolute atomic E-state index is 0.0414. The van der Waals surface area contributed by atoms with E-state index in [9.17, 15) is 9.59 Å². The number of likely N-dealkylation sites (tertiary alicyclic amines) is 1. The molecule has 0 aromatic carbocycles. The molecule has 2 heterocycles. The molecular formula is C15H22N4O2. The lowest BCUT2D eigenvalue weighted by Crippen LogP contribution is -2.42. The van der Waals surface area contributed by atoms with E-state index in [1.807, 2.05) is 19.3 Å². The minimum Gasteiger partial charge on any atom is -0.356 e. The third kappa shape index (κ3) is 2.94. The summed E-state index contributed by atoms with van der Waals surface area (Å²) in [6.07, 6.45) is 8.60. The average molecular weight is 290 g/mol. The molecule has 0 radical (unpaired) electrons. The zero-order valence-electron chi connectivity index (χ0n) is 12.4. The molecule has 1 atom stereocenters. The van der Waals surface area contributed by atoms with Crippen molar-refractivity contribution in [2.45, 2.75) is 57.0 Å². The third-order valence-electron chi connectivity index (χ3n) is 4.41. The maximum Gasteiger partial charge on any atom is 0.252 e. The van der Waals surface area contributed by atoms with E-state index in [-0.39, 0.29) is 24.3 Å². The number of nitrogens with one attached hydrogen (secondary N) is 1. The summed E-state index contributed by atoms with van der Waals surface area (Å²) in [7, 11) is 1.82. The van der Waals surface area contributed by atoms with Gasteiger partial charge in [0.2, 0.25) is 5.91 Å². The summed E-state index contributed by atoms with van der Waals surface area (Å²) in [6.45, 7) is 0. The highest BCUT2D eigenvalue weighted by atomic mass is 16.2. The molecule has 1 aromatic rings. The smallest absolute Gasteiger partial charge is 0.252 e. The lowest BCUT2D eigenvalue weighted by atomic mass is 10.1. The lowest BCUT2D eigenvalue weighted by molar-refractivity contribution is -0.141. The molecule has 0 spiro atoms. The standard InChI is InChI=1S/C15H22N4O2/c1-18-9-8-13(17-18)16-12-10-14(20)19(15(12)21)11-6-4-2-3-5-7-11/h8-9,11-12H,2-7,10H2,1H3,(H,16,17). The van der Waals surface area contributed by atoms with Gasteiger partial charge >= 0.3 is 0 Å². The molecule has 2 fully saturated rings. The van der Waals surface area contributed by atoms with Crippen molar-refractivity contribution < 1.29 is 9.59 Å². The van der Waals surface area contributed by atoms with Crippen molar-refractivity contribution in [1.82, 2.24) is 14.7 Å². The van der Waals surface area contributed by atoms with Crippen LogP contribution in [0.4, 0.5) is 5.82 Å². The maximum atomic E-state index is 12.5. The van der Waals surface area contributed by atoms with Gasteiger partial charge in [-0.25, -0.2) is 0 Å². The summed E-state index contributed by atoms with van der Waals surface area (Å²) < 4.78 is 1.67. The van der Waals surface area contributed by atoms with E-state index >= 15 is 0 Å². The molecule has 0 bridgehead atoms. The molecule has 1 N–H and O–H groups in total. The first kappa shape index (κ1) is 14.1. The van der Waals surface area contributed by atoms with Crippen LogP contribution in [0.15, 0.2) is 12.3 Å². The molecule has 1 aromatic heterocycles. The fourth-order valence-electron chi connectivity index (χ4n) is 3.33. The van der Waals surface area contributed by atoms with Gasteiger partial charge in [-0.05, 0) is 12.8 Å². The highest BCUT2D eigenvalue weighted by Crippen LogP contribution is 2.27. The van der Waals surface area contributed by atoms with Gasteiger partial charge in [0.25, 0.3) is 5.91 Å². The van der Waals surface area contributed by atoms with Gasteiger partial charge in [0.1, 0.15) is 11.9 Å². The van der Waals surface area contributed by atoms with Crippen LogP contribution >= 0.6 is 0 Å². The first-order valence-corrected chi connectivity index (χ1v) is 7.77. The molecule has 2 aliphatic rings. The number of carbonyl (C=O) groups excluding carboxylic acids is 2. The van der Waals surface area contributed by atoms with Crippen LogP contribution in [0.5, 0.6) is 0 Å². The van der Waals surface area contributed by atoms with Crippen LogP contribution in [0.1, 0.15) is 44.9 Å². The summed E-state index contributed by atoms with van der Waals surface area (Å²) in [5.74, 6) is 0.518. The second-order valence-electron chi connectivity index (χ2n) is 6.02. The summed E-state index contributed by atoms with van der Waals surface area (Å²) in [5, 5.41) is 7.29. The normalized spacial score (nSPS) is 24.4. The number of imide groups is 1. The van der Waals surface area contributed by atoms with E-state index < -0.39 is 6.04 Å². The molecular weight excluding hydrogens is 268 g/mol. The largest absolute Gasteiger partial charge is 0.356 e. The number of nitrogens with zero attached hydrogens (tertiary/aromatic N) is 3. The molecule has 6 heteroatoms. The topological polar surface area (TPSA) is 67.2 Å². The van der Waals surface area contributed by atoms with Crippen LogP contribution in [0.25, 0.3) is 0 Å². The van der Waals surface area contributed by atoms with Crippen molar-refractivity contribution in [3.8, 4) is 0 Å². The average Bonchev–Trinajstić information content (AvgIpc) is 2.84. The maximum absolute atomic E-state index is 12.5. The summed E-state index contributed by atoms with van der Waals surface area (Å²) >= 11 is 0. The van der Waals surface area contributed by atoms with Crippen LogP contribution in [-0.4, -0.2) is 38.6 Å². The number of carbonyl (C=O) groups is 2. The molecule has 1 saturated heterocycles. The van der Waals surface area contributed by atoms with Crippen molar-refractivity contribution in [2.75, 3.05) is 5.32 Å². The van der Waals surface area contributed by atoms with Gasteiger partial charge in [0.15, 0.2) is 0 Å². The van der Waals surface area contributed by atoms with Crippen molar-refractivity contribution in [3.05, 3.63) is 12.3 Å². The minimum atomic E-state index is -0.462. The lowest BCUT2D eigenvalue weighted by Gasteiger charge is -2.25. The molecule has 114 valence electrons.